The number of hydrogen-bond acceptors (Lipinski definition) is 6. The van der Waals surface area contributed by atoms with E-state index in [0.717, 1.165) is 77.0 Å². The molecule has 0 aliphatic heterocycles. The summed E-state index contributed by atoms with van der Waals surface area (Å²) in [7, 11) is 0. The molecule has 0 rings (SSSR count). The Balaban J connectivity index is 4.30. The molecule has 6 nitrogen and oxygen atoms in total. The standard InChI is InChI=1S/C65H114O6/c1-4-7-10-13-16-19-22-25-27-28-29-30-31-32-33-34-35-36-38-40-43-46-49-52-55-58-64(67)70-61-62(60-69-63(66)57-54-51-48-45-42-39-24-21-18-15-12-9-6-3)71-65(68)59-56-53-50-47-44-41-37-26-23-20-17-14-11-8-5-2/h9,12,18,21,26,28-29,37,39,42,48,51,62H,4-8,10-11,13-17,19-20,22-25,27,30-36,38,40-41,43-47,49-50,52-61H2,1-3H3/b12-9-,21-18-,29-28-,37-26-,42-39-,51-48-. The molecular weight excluding hydrogens is 877 g/mol. The molecular formula is C65H114O6. The van der Waals surface area contributed by atoms with E-state index in [0.29, 0.717) is 19.3 Å². The third kappa shape index (κ3) is 57.6. The quantitative estimate of drug-likeness (QED) is 0.0261. The smallest absolute Gasteiger partial charge is 0.306 e. The summed E-state index contributed by atoms with van der Waals surface area (Å²) >= 11 is 0. The third-order valence-corrected chi connectivity index (χ3v) is 13.2. The number of rotatable bonds is 55. The Morgan fingerprint density at radius 2 is 0.577 bits per heavy atom. The zero-order valence-electron chi connectivity index (χ0n) is 47.0. The van der Waals surface area contributed by atoms with Crippen LogP contribution in [0.4, 0.5) is 0 Å². The lowest BCUT2D eigenvalue weighted by molar-refractivity contribution is -0.166. The first-order chi connectivity index (χ1) is 35.0. The van der Waals surface area contributed by atoms with Gasteiger partial charge in [-0.15, -0.1) is 0 Å². The predicted octanol–water partition coefficient (Wildman–Crippen LogP) is 20.5. The molecule has 1 unspecified atom stereocenters. The summed E-state index contributed by atoms with van der Waals surface area (Å²) in [4.78, 5) is 38.1. The Bertz CT molecular complexity index is 1320. The van der Waals surface area contributed by atoms with Crippen molar-refractivity contribution < 1.29 is 28.6 Å². The maximum Gasteiger partial charge on any atom is 0.306 e. The molecule has 0 aromatic rings. The fourth-order valence-corrected chi connectivity index (χ4v) is 8.62. The number of unbranched alkanes of at least 4 members (excludes halogenated alkanes) is 32. The number of ether oxygens (including phenoxy) is 3. The highest BCUT2D eigenvalue weighted by atomic mass is 16.6. The van der Waals surface area contributed by atoms with E-state index in [4.69, 9.17) is 14.2 Å². The van der Waals surface area contributed by atoms with Crippen molar-refractivity contribution >= 4 is 17.9 Å². The largest absolute Gasteiger partial charge is 0.462 e. The van der Waals surface area contributed by atoms with Crippen LogP contribution in [0.1, 0.15) is 303 Å². The number of carbonyl (C=O) groups excluding carboxylic acids is 3. The summed E-state index contributed by atoms with van der Waals surface area (Å²) < 4.78 is 16.8. The van der Waals surface area contributed by atoms with E-state index >= 15 is 0 Å². The summed E-state index contributed by atoms with van der Waals surface area (Å²) in [6, 6.07) is 0. The number of esters is 3. The SMILES string of the molecule is CC/C=C\C/C=C\C/C=C\C/C=C\CCC(=O)OCC(COC(=O)CCCCCCCCCCCCCCC/C=C\CCCCCCCCCC)OC(=O)CCCCCCC/C=C\CCCCCCCC. The molecule has 0 spiro atoms. The second-order valence-corrected chi connectivity index (χ2v) is 20.2. The zero-order valence-corrected chi connectivity index (χ0v) is 47.0. The first-order valence-corrected chi connectivity index (χ1v) is 30.4. The van der Waals surface area contributed by atoms with Crippen molar-refractivity contribution in [3.63, 3.8) is 0 Å². The minimum absolute atomic E-state index is 0.0993. The van der Waals surface area contributed by atoms with Crippen LogP contribution in [0, 0.1) is 0 Å². The molecule has 0 radical (unpaired) electrons. The van der Waals surface area contributed by atoms with Crippen LogP contribution in [0.15, 0.2) is 72.9 Å². The molecule has 410 valence electrons. The molecule has 1 atom stereocenters. The number of allylic oxidation sites excluding steroid dienone is 12. The van der Waals surface area contributed by atoms with Crippen molar-refractivity contribution in [3.8, 4) is 0 Å². The Kier molecular flexibility index (Phi) is 56.8. The second-order valence-electron chi connectivity index (χ2n) is 20.2. The van der Waals surface area contributed by atoms with Crippen LogP contribution >= 0.6 is 0 Å². The molecule has 0 saturated heterocycles. The van der Waals surface area contributed by atoms with Crippen molar-refractivity contribution in [1.29, 1.82) is 0 Å². The molecule has 0 bridgehead atoms. The number of carbonyl (C=O) groups is 3. The normalized spacial score (nSPS) is 12.5. The molecule has 0 N–H and O–H groups in total. The average Bonchev–Trinajstić information content (AvgIpc) is 3.37. The first kappa shape index (κ1) is 67.8. The van der Waals surface area contributed by atoms with Crippen LogP contribution in [0.3, 0.4) is 0 Å². The Hall–Kier alpha value is -3.15. The highest BCUT2D eigenvalue weighted by molar-refractivity contribution is 5.71. The lowest BCUT2D eigenvalue weighted by Crippen LogP contribution is -2.30. The molecule has 6 heteroatoms. The molecule has 0 aromatic heterocycles. The van der Waals surface area contributed by atoms with Crippen molar-refractivity contribution in [2.24, 2.45) is 0 Å². The topological polar surface area (TPSA) is 78.9 Å². The second kappa shape index (κ2) is 59.4. The molecule has 0 aromatic carbocycles. The van der Waals surface area contributed by atoms with Gasteiger partial charge in [-0.1, -0.05) is 261 Å². The predicted molar refractivity (Wildman–Crippen MR) is 307 cm³/mol. The summed E-state index contributed by atoms with van der Waals surface area (Å²) in [5.41, 5.74) is 0. The molecule has 0 aliphatic rings. The maximum absolute atomic E-state index is 12.8. The van der Waals surface area contributed by atoms with Crippen LogP contribution in [-0.4, -0.2) is 37.2 Å². The van der Waals surface area contributed by atoms with Gasteiger partial charge in [0.2, 0.25) is 0 Å². The van der Waals surface area contributed by atoms with Gasteiger partial charge >= 0.3 is 17.9 Å². The van der Waals surface area contributed by atoms with E-state index < -0.39 is 6.10 Å². The van der Waals surface area contributed by atoms with Gasteiger partial charge in [-0.05, 0) is 96.3 Å². The van der Waals surface area contributed by atoms with Gasteiger partial charge in [0.1, 0.15) is 13.2 Å². The fourth-order valence-electron chi connectivity index (χ4n) is 8.62. The minimum atomic E-state index is -0.808. The lowest BCUT2D eigenvalue weighted by Gasteiger charge is -2.18. The van der Waals surface area contributed by atoms with Crippen LogP contribution in [0.5, 0.6) is 0 Å². The molecule has 0 fully saturated rings. The highest BCUT2D eigenvalue weighted by Crippen LogP contribution is 2.16. The van der Waals surface area contributed by atoms with Gasteiger partial charge in [0.15, 0.2) is 6.10 Å². The average molecular weight is 992 g/mol. The highest BCUT2D eigenvalue weighted by Gasteiger charge is 2.19. The van der Waals surface area contributed by atoms with Gasteiger partial charge in [-0.2, -0.15) is 0 Å². The van der Waals surface area contributed by atoms with Crippen LogP contribution in [0.25, 0.3) is 0 Å². The van der Waals surface area contributed by atoms with E-state index in [1.165, 1.54) is 180 Å². The minimum Gasteiger partial charge on any atom is -0.462 e. The molecule has 0 amide bonds. The van der Waals surface area contributed by atoms with E-state index in [1.54, 1.807) is 0 Å². The summed E-state index contributed by atoms with van der Waals surface area (Å²) in [6.45, 7) is 6.47. The van der Waals surface area contributed by atoms with Crippen LogP contribution in [0.2, 0.25) is 0 Å². The molecule has 0 saturated carbocycles. The van der Waals surface area contributed by atoms with Gasteiger partial charge in [0.25, 0.3) is 0 Å². The van der Waals surface area contributed by atoms with Crippen molar-refractivity contribution in [2.45, 2.75) is 309 Å². The maximum atomic E-state index is 12.8. The van der Waals surface area contributed by atoms with Gasteiger partial charge in [0, 0.05) is 19.3 Å². The molecule has 0 aliphatic carbocycles. The number of hydrogen-bond donors (Lipinski definition) is 0. The van der Waals surface area contributed by atoms with Crippen molar-refractivity contribution in [3.05, 3.63) is 72.9 Å². The Labute approximate surface area is 440 Å². The summed E-state index contributed by atoms with van der Waals surface area (Å²) in [5.74, 6) is -0.984. The van der Waals surface area contributed by atoms with E-state index in [-0.39, 0.29) is 37.5 Å². The fraction of sp³-hybridized carbons (Fsp3) is 0.769. The van der Waals surface area contributed by atoms with Crippen LogP contribution in [-0.2, 0) is 28.6 Å². The van der Waals surface area contributed by atoms with Gasteiger partial charge in [-0.25, -0.2) is 0 Å². The first-order valence-electron chi connectivity index (χ1n) is 30.4. The Morgan fingerprint density at radius 3 is 0.944 bits per heavy atom. The van der Waals surface area contributed by atoms with Crippen molar-refractivity contribution in [1.82, 2.24) is 0 Å². The van der Waals surface area contributed by atoms with Crippen molar-refractivity contribution in [2.75, 3.05) is 13.2 Å². The van der Waals surface area contributed by atoms with Gasteiger partial charge in [-0.3, -0.25) is 14.4 Å². The third-order valence-electron chi connectivity index (χ3n) is 13.2. The summed E-state index contributed by atoms with van der Waals surface area (Å²) in [5, 5.41) is 0. The monoisotopic (exact) mass is 991 g/mol. The molecule has 0 heterocycles. The van der Waals surface area contributed by atoms with Gasteiger partial charge < -0.3 is 14.2 Å². The van der Waals surface area contributed by atoms with Crippen LogP contribution < -0.4 is 0 Å². The Morgan fingerprint density at radius 1 is 0.296 bits per heavy atom. The lowest BCUT2D eigenvalue weighted by atomic mass is 10.0. The summed E-state index contributed by atoms with van der Waals surface area (Å²) in [6.07, 6.45) is 76.4. The van der Waals surface area contributed by atoms with Gasteiger partial charge in [0.05, 0.1) is 0 Å². The molecule has 71 heavy (non-hydrogen) atoms. The van der Waals surface area contributed by atoms with E-state index in [9.17, 15) is 14.4 Å². The van der Waals surface area contributed by atoms with E-state index in [2.05, 4.69) is 87.6 Å². The zero-order chi connectivity index (χ0) is 51.4. The van der Waals surface area contributed by atoms with E-state index in [1.807, 2.05) is 6.08 Å².